The molecule has 0 amide bonds. The molecule has 0 radical (unpaired) electrons. The molecule has 2 heteroatoms. The molecule has 0 saturated heterocycles. The maximum atomic E-state index is 13.1. The van der Waals surface area contributed by atoms with Crippen molar-refractivity contribution in [2.75, 3.05) is 0 Å². The van der Waals surface area contributed by atoms with E-state index in [4.69, 9.17) is 5.73 Å². The van der Waals surface area contributed by atoms with Crippen molar-refractivity contribution < 1.29 is 4.39 Å². The molecule has 1 aromatic rings. The second-order valence-electron chi connectivity index (χ2n) is 4.70. The van der Waals surface area contributed by atoms with Crippen molar-refractivity contribution in [2.45, 2.75) is 30.7 Å². The lowest BCUT2D eigenvalue weighted by Crippen LogP contribution is -2.54. The topological polar surface area (TPSA) is 26.0 Å². The summed E-state index contributed by atoms with van der Waals surface area (Å²) in [5, 5.41) is 0. The van der Waals surface area contributed by atoms with Gasteiger partial charge < -0.3 is 5.73 Å². The lowest BCUT2D eigenvalue weighted by atomic mass is 9.62. The molecule has 2 bridgehead atoms. The van der Waals surface area contributed by atoms with Crippen LogP contribution in [0.15, 0.2) is 24.3 Å². The number of rotatable bonds is 1. The van der Waals surface area contributed by atoms with Gasteiger partial charge in [0.15, 0.2) is 0 Å². The van der Waals surface area contributed by atoms with Crippen LogP contribution in [0.5, 0.6) is 0 Å². The van der Waals surface area contributed by atoms with Gasteiger partial charge in [-0.1, -0.05) is 12.1 Å². The number of nitrogens with two attached hydrogens (primary N) is 1. The van der Waals surface area contributed by atoms with Crippen molar-refractivity contribution in [1.29, 1.82) is 0 Å². The minimum atomic E-state index is -0.139. The number of hydrogen-bond acceptors (Lipinski definition) is 1. The van der Waals surface area contributed by atoms with Crippen LogP contribution in [0.25, 0.3) is 0 Å². The van der Waals surface area contributed by atoms with E-state index >= 15 is 0 Å². The fourth-order valence-corrected chi connectivity index (χ4v) is 3.27. The van der Waals surface area contributed by atoms with Gasteiger partial charge in [-0.2, -0.15) is 0 Å². The lowest BCUT2D eigenvalue weighted by molar-refractivity contribution is 0.188. The maximum Gasteiger partial charge on any atom is 0.123 e. The molecule has 3 saturated carbocycles. The Labute approximate surface area is 83.1 Å². The van der Waals surface area contributed by atoms with Gasteiger partial charge in [-0.25, -0.2) is 4.39 Å². The van der Waals surface area contributed by atoms with Gasteiger partial charge in [0.1, 0.15) is 5.82 Å². The molecule has 3 unspecified atom stereocenters. The fraction of sp³-hybridized carbons (Fsp3) is 0.500. The summed E-state index contributed by atoms with van der Waals surface area (Å²) in [6.45, 7) is 0. The van der Waals surface area contributed by atoms with E-state index in [0.717, 1.165) is 18.4 Å². The first-order chi connectivity index (χ1) is 6.72. The smallest absolute Gasteiger partial charge is 0.123 e. The molecule has 74 valence electrons. The Kier molecular flexibility index (Phi) is 1.55. The standard InChI is InChI=1S/C12H14FN/c13-10-3-1-2-9(6-10)12-5-4-8(7-12)11(12)14/h1-3,6,8,11H,4-5,7,14H2. The normalized spacial score (nSPS) is 39.6. The van der Waals surface area contributed by atoms with Gasteiger partial charge in [-0.3, -0.25) is 0 Å². The fourth-order valence-electron chi connectivity index (χ4n) is 3.27. The van der Waals surface area contributed by atoms with Gasteiger partial charge in [0.05, 0.1) is 0 Å². The first-order valence-electron chi connectivity index (χ1n) is 5.24. The molecule has 3 aliphatic carbocycles. The van der Waals surface area contributed by atoms with Crippen LogP contribution in [0.3, 0.4) is 0 Å². The number of benzene rings is 1. The van der Waals surface area contributed by atoms with E-state index in [9.17, 15) is 4.39 Å². The molecular formula is C12H14FN. The Morgan fingerprint density at radius 2 is 2.29 bits per heavy atom. The first-order valence-corrected chi connectivity index (χ1v) is 5.24. The third kappa shape index (κ3) is 0.871. The van der Waals surface area contributed by atoms with Crippen molar-refractivity contribution in [3.63, 3.8) is 0 Å². The lowest BCUT2D eigenvalue weighted by Gasteiger charge is -2.46. The zero-order valence-electron chi connectivity index (χ0n) is 8.04. The van der Waals surface area contributed by atoms with E-state index in [0.29, 0.717) is 5.92 Å². The van der Waals surface area contributed by atoms with Crippen molar-refractivity contribution in [1.82, 2.24) is 0 Å². The van der Waals surface area contributed by atoms with Crippen molar-refractivity contribution in [2.24, 2.45) is 11.7 Å². The summed E-state index contributed by atoms with van der Waals surface area (Å²) in [5.41, 5.74) is 7.35. The van der Waals surface area contributed by atoms with E-state index in [2.05, 4.69) is 0 Å². The molecule has 3 atom stereocenters. The van der Waals surface area contributed by atoms with Crippen LogP contribution in [-0.2, 0) is 5.41 Å². The molecule has 0 heterocycles. The highest BCUT2D eigenvalue weighted by Gasteiger charge is 2.57. The molecule has 0 aliphatic heterocycles. The number of fused-ring (bicyclic) bond motifs is 1. The molecule has 1 aromatic carbocycles. The van der Waals surface area contributed by atoms with Gasteiger partial charge in [-0.05, 0) is 42.9 Å². The molecule has 3 fully saturated rings. The van der Waals surface area contributed by atoms with Crippen LogP contribution in [0, 0.1) is 11.7 Å². The maximum absolute atomic E-state index is 13.1. The summed E-state index contributed by atoms with van der Waals surface area (Å²) in [6, 6.07) is 7.23. The van der Waals surface area contributed by atoms with Crippen LogP contribution in [-0.4, -0.2) is 6.04 Å². The average molecular weight is 191 g/mol. The second-order valence-corrected chi connectivity index (χ2v) is 4.70. The molecular weight excluding hydrogens is 177 g/mol. The van der Waals surface area contributed by atoms with Crippen LogP contribution >= 0.6 is 0 Å². The minimum Gasteiger partial charge on any atom is -0.327 e. The highest BCUT2D eigenvalue weighted by Crippen LogP contribution is 2.58. The zero-order chi connectivity index (χ0) is 9.76. The van der Waals surface area contributed by atoms with Crippen LogP contribution in [0.1, 0.15) is 24.8 Å². The van der Waals surface area contributed by atoms with Gasteiger partial charge in [0.25, 0.3) is 0 Å². The monoisotopic (exact) mass is 191 g/mol. The summed E-state index contributed by atoms with van der Waals surface area (Å²) in [4.78, 5) is 0. The van der Waals surface area contributed by atoms with E-state index in [1.807, 2.05) is 6.07 Å². The van der Waals surface area contributed by atoms with Crippen LogP contribution < -0.4 is 5.73 Å². The van der Waals surface area contributed by atoms with Crippen molar-refractivity contribution in [3.8, 4) is 0 Å². The Balaban J connectivity index is 2.03. The highest BCUT2D eigenvalue weighted by molar-refractivity contribution is 5.35. The van der Waals surface area contributed by atoms with E-state index in [-0.39, 0.29) is 17.3 Å². The number of hydrogen-bond donors (Lipinski definition) is 1. The summed E-state index contributed by atoms with van der Waals surface area (Å²) in [7, 11) is 0. The summed E-state index contributed by atoms with van der Waals surface area (Å²) >= 11 is 0. The van der Waals surface area contributed by atoms with Crippen molar-refractivity contribution >= 4 is 0 Å². The minimum absolute atomic E-state index is 0.118. The third-order valence-electron chi connectivity index (χ3n) is 4.13. The van der Waals surface area contributed by atoms with Gasteiger partial charge in [-0.15, -0.1) is 0 Å². The molecule has 1 nitrogen and oxygen atoms in total. The van der Waals surface area contributed by atoms with Gasteiger partial charge in [0, 0.05) is 11.5 Å². The van der Waals surface area contributed by atoms with Crippen LogP contribution in [0.4, 0.5) is 4.39 Å². The highest BCUT2D eigenvalue weighted by atomic mass is 19.1. The largest absolute Gasteiger partial charge is 0.327 e. The predicted octanol–water partition coefficient (Wildman–Crippen LogP) is 2.20. The Hall–Kier alpha value is -0.890. The molecule has 0 spiro atoms. The SMILES string of the molecule is NC1C2CCC1(c1cccc(F)c1)C2. The van der Waals surface area contributed by atoms with Gasteiger partial charge in [0.2, 0.25) is 0 Å². The van der Waals surface area contributed by atoms with E-state index in [1.165, 1.54) is 12.5 Å². The quantitative estimate of drug-likeness (QED) is 0.723. The van der Waals surface area contributed by atoms with E-state index in [1.54, 1.807) is 12.1 Å². The summed E-state index contributed by atoms with van der Waals surface area (Å²) in [6.07, 6.45) is 3.53. The molecule has 3 aliphatic rings. The molecule has 4 rings (SSSR count). The predicted molar refractivity (Wildman–Crippen MR) is 53.4 cm³/mol. The molecule has 0 aromatic heterocycles. The van der Waals surface area contributed by atoms with Crippen molar-refractivity contribution in [3.05, 3.63) is 35.6 Å². The Morgan fingerprint density at radius 3 is 2.86 bits per heavy atom. The number of halogens is 1. The Bertz CT molecular complexity index is 372. The van der Waals surface area contributed by atoms with Gasteiger partial charge >= 0.3 is 0 Å². The average Bonchev–Trinajstić information content (AvgIpc) is 2.75. The third-order valence-corrected chi connectivity index (χ3v) is 4.13. The molecule has 2 N–H and O–H groups in total. The first kappa shape index (κ1) is 8.42. The summed E-state index contributed by atoms with van der Waals surface area (Å²) < 4.78 is 13.1. The zero-order valence-corrected chi connectivity index (χ0v) is 8.04. The van der Waals surface area contributed by atoms with Crippen LogP contribution in [0.2, 0.25) is 0 Å². The Morgan fingerprint density at radius 1 is 1.43 bits per heavy atom. The molecule has 14 heavy (non-hydrogen) atoms. The summed E-state index contributed by atoms with van der Waals surface area (Å²) in [5.74, 6) is 0.553. The van der Waals surface area contributed by atoms with E-state index < -0.39 is 0 Å². The second kappa shape index (κ2) is 2.57.